The molecule has 1 saturated carbocycles. The summed E-state index contributed by atoms with van der Waals surface area (Å²) in [6, 6.07) is 0.569. The maximum Gasteiger partial charge on any atom is 0.166 e. The van der Waals surface area contributed by atoms with Crippen molar-refractivity contribution >= 4 is 5.78 Å². The fraction of sp³-hybridized carbons (Fsp3) is 0.667. The van der Waals surface area contributed by atoms with Crippen LogP contribution in [0.15, 0.2) is 6.20 Å². The molecule has 2 aliphatic carbocycles. The summed E-state index contributed by atoms with van der Waals surface area (Å²) in [7, 11) is 0. The first-order valence-corrected chi connectivity index (χ1v) is 5.96. The van der Waals surface area contributed by atoms with Crippen molar-refractivity contribution in [3.63, 3.8) is 0 Å². The lowest BCUT2D eigenvalue weighted by atomic mass is 9.96. The van der Waals surface area contributed by atoms with Crippen molar-refractivity contribution < 1.29 is 4.79 Å². The zero-order valence-corrected chi connectivity index (χ0v) is 8.91. The number of hydrogen-bond donors (Lipinski definition) is 0. The SMILES string of the molecule is O=C1CCCc2c1cnn2C1CCCC1. The van der Waals surface area contributed by atoms with E-state index in [1.807, 2.05) is 0 Å². The molecule has 0 spiro atoms. The molecule has 0 aromatic carbocycles. The van der Waals surface area contributed by atoms with E-state index in [9.17, 15) is 4.79 Å². The van der Waals surface area contributed by atoms with Crippen LogP contribution < -0.4 is 0 Å². The molecule has 1 heterocycles. The summed E-state index contributed by atoms with van der Waals surface area (Å²) in [6.45, 7) is 0. The van der Waals surface area contributed by atoms with Crippen LogP contribution in [0.4, 0.5) is 0 Å². The van der Waals surface area contributed by atoms with Gasteiger partial charge in [0.1, 0.15) is 0 Å². The van der Waals surface area contributed by atoms with Gasteiger partial charge < -0.3 is 0 Å². The highest BCUT2D eigenvalue weighted by atomic mass is 16.1. The van der Waals surface area contributed by atoms with Gasteiger partial charge in [-0.05, 0) is 25.7 Å². The van der Waals surface area contributed by atoms with Gasteiger partial charge in [-0.2, -0.15) is 5.10 Å². The molecule has 3 heteroatoms. The van der Waals surface area contributed by atoms with Crippen LogP contribution >= 0.6 is 0 Å². The number of fused-ring (bicyclic) bond motifs is 1. The second kappa shape index (κ2) is 3.47. The van der Waals surface area contributed by atoms with Gasteiger partial charge in [0.2, 0.25) is 0 Å². The predicted octanol–water partition coefficient (Wildman–Crippen LogP) is 2.52. The standard InChI is InChI=1S/C12H16N2O/c15-12-7-3-6-11-10(12)8-13-14(11)9-4-1-2-5-9/h8-9H,1-7H2. The van der Waals surface area contributed by atoms with Crippen LogP contribution in [-0.2, 0) is 6.42 Å². The van der Waals surface area contributed by atoms with Gasteiger partial charge >= 0.3 is 0 Å². The molecular formula is C12H16N2O. The average Bonchev–Trinajstić information content (AvgIpc) is 2.85. The molecule has 3 nitrogen and oxygen atoms in total. The summed E-state index contributed by atoms with van der Waals surface area (Å²) in [5.41, 5.74) is 2.10. The molecule has 15 heavy (non-hydrogen) atoms. The largest absolute Gasteiger partial charge is 0.294 e. The van der Waals surface area contributed by atoms with Crippen molar-refractivity contribution in [2.75, 3.05) is 0 Å². The molecular weight excluding hydrogens is 188 g/mol. The lowest BCUT2D eigenvalue weighted by Gasteiger charge is -2.17. The van der Waals surface area contributed by atoms with Gasteiger partial charge in [0.05, 0.1) is 17.8 Å². The Bertz CT molecular complexity index is 388. The highest BCUT2D eigenvalue weighted by Gasteiger charge is 2.26. The molecule has 1 fully saturated rings. The fourth-order valence-electron chi connectivity index (χ4n) is 2.88. The van der Waals surface area contributed by atoms with E-state index in [1.165, 1.54) is 31.4 Å². The van der Waals surface area contributed by atoms with E-state index in [1.54, 1.807) is 6.20 Å². The summed E-state index contributed by atoms with van der Waals surface area (Å²) in [5.74, 6) is 0.292. The number of carbonyl (C=O) groups excluding carboxylic acids is 1. The molecule has 3 rings (SSSR count). The molecule has 0 saturated heterocycles. The van der Waals surface area contributed by atoms with Crippen LogP contribution in [0.5, 0.6) is 0 Å². The first-order valence-electron chi connectivity index (χ1n) is 5.96. The number of nitrogens with zero attached hydrogens (tertiary/aromatic N) is 2. The van der Waals surface area contributed by atoms with E-state index in [0.717, 1.165) is 18.4 Å². The maximum absolute atomic E-state index is 11.7. The van der Waals surface area contributed by atoms with Gasteiger partial charge in [-0.25, -0.2) is 0 Å². The summed E-state index contributed by atoms with van der Waals surface area (Å²) >= 11 is 0. The second-order valence-corrected chi connectivity index (χ2v) is 4.66. The molecule has 1 aromatic rings. The Kier molecular flexibility index (Phi) is 2.11. The molecule has 2 aliphatic rings. The van der Waals surface area contributed by atoms with Crippen LogP contribution in [0.3, 0.4) is 0 Å². The lowest BCUT2D eigenvalue weighted by molar-refractivity contribution is 0.0971. The number of hydrogen-bond acceptors (Lipinski definition) is 2. The van der Waals surface area contributed by atoms with Crippen LogP contribution in [0.2, 0.25) is 0 Å². The molecule has 0 radical (unpaired) electrons. The molecule has 1 aromatic heterocycles. The third-order valence-corrected chi connectivity index (χ3v) is 3.69. The van der Waals surface area contributed by atoms with E-state index in [-0.39, 0.29) is 0 Å². The maximum atomic E-state index is 11.7. The molecule has 0 bridgehead atoms. The van der Waals surface area contributed by atoms with E-state index in [2.05, 4.69) is 9.78 Å². The summed E-state index contributed by atoms with van der Waals surface area (Å²) < 4.78 is 2.14. The Hall–Kier alpha value is -1.12. The van der Waals surface area contributed by atoms with Gasteiger partial charge in [0.15, 0.2) is 5.78 Å². The van der Waals surface area contributed by atoms with E-state index in [0.29, 0.717) is 18.2 Å². The number of rotatable bonds is 1. The number of ketones is 1. The highest BCUT2D eigenvalue weighted by molar-refractivity contribution is 5.97. The minimum Gasteiger partial charge on any atom is -0.294 e. The Morgan fingerprint density at radius 3 is 2.80 bits per heavy atom. The third kappa shape index (κ3) is 1.41. The zero-order chi connectivity index (χ0) is 10.3. The minimum atomic E-state index is 0.292. The van der Waals surface area contributed by atoms with Gasteiger partial charge in [-0.3, -0.25) is 9.48 Å². The lowest BCUT2D eigenvalue weighted by Crippen LogP contribution is -2.16. The van der Waals surface area contributed by atoms with Crippen molar-refractivity contribution in [2.24, 2.45) is 0 Å². The van der Waals surface area contributed by atoms with E-state index in [4.69, 9.17) is 0 Å². The molecule has 0 atom stereocenters. The first kappa shape index (κ1) is 9.13. The zero-order valence-electron chi connectivity index (χ0n) is 8.91. The summed E-state index contributed by atoms with van der Waals surface area (Å²) in [4.78, 5) is 11.7. The van der Waals surface area contributed by atoms with Crippen molar-refractivity contribution in [3.05, 3.63) is 17.5 Å². The van der Waals surface area contributed by atoms with Gasteiger partial charge in [-0.15, -0.1) is 0 Å². The number of carbonyl (C=O) groups is 1. The topological polar surface area (TPSA) is 34.9 Å². The molecule has 80 valence electrons. The van der Waals surface area contributed by atoms with Crippen LogP contribution in [-0.4, -0.2) is 15.6 Å². The molecule has 0 aliphatic heterocycles. The van der Waals surface area contributed by atoms with Crippen LogP contribution in [0.25, 0.3) is 0 Å². The molecule has 0 unspecified atom stereocenters. The molecule has 0 amide bonds. The number of Topliss-reactive ketones (excluding diaryl/α,β-unsaturated/α-hetero) is 1. The quantitative estimate of drug-likeness (QED) is 0.704. The Morgan fingerprint density at radius 2 is 2.00 bits per heavy atom. The smallest absolute Gasteiger partial charge is 0.166 e. The minimum absolute atomic E-state index is 0.292. The van der Waals surface area contributed by atoms with Crippen molar-refractivity contribution in [3.8, 4) is 0 Å². The number of aromatic nitrogens is 2. The summed E-state index contributed by atoms with van der Waals surface area (Å²) in [5, 5.41) is 4.43. The summed E-state index contributed by atoms with van der Waals surface area (Å²) in [6.07, 6.45) is 9.64. The van der Waals surface area contributed by atoms with Crippen LogP contribution in [0.1, 0.15) is 60.6 Å². The van der Waals surface area contributed by atoms with Gasteiger partial charge in [0, 0.05) is 12.1 Å². The van der Waals surface area contributed by atoms with Crippen molar-refractivity contribution in [2.45, 2.75) is 51.0 Å². The third-order valence-electron chi connectivity index (χ3n) is 3.69. The Labute approximate surface area is 89.5 Å². The van der Waals surface area contributed by atoms with Crippen molar-refractivity contribution in [1.82, 2.24) is 9.78 Å². The van der Waals surface area contributed by atoms with Crippen LogP contribution in [0, 0.1) is 0 Å². The van der Waals surface area contributed by atoms with Gasteiger partial charge in [0.25, 0.3) is 0 Å². The fourth-order valence-corrected chi connectivity index (χ4v) is 2.88. The van der Waals surface area contributed by atoms with E-state index >= 15 is 0 Å². The van der Waals surface area contributed by atoms with E-state index < -0.39 is 0 Å². The average molecular weight is 204 g/mol. The molecule has 0 N–H and O–H groups in total. The monoisotopic (exact) mass is 204 g/mol. The van der Waals surface area contributed by atoms with Crippen molar-refractivity contribution in [1.29, 1.82) is 0 Å². The highest BCUT2D eigenvalue weighted by Crippen LogP contribution is 2.32. The normalized spacial score (nSPS) is 22.0. The second-order valence-electron chi connectivity index (χ2n) is 4.66. The Morgan fingerprint density at radius 1 is 1.20 bits per heavy atom. The van der Waals surface area contributed by atoms with Gasteiger partial charge in [-0.1, -0.05) is 12.8 Å². The Balaban J connectivity index is 1.98. The predicted molar refractivity (Wildman–Crippen MR) is 57.0 cm³/mol. The first-order chi connectivity index (χ1) is 7.36.